The van der Waals surface area contributed by atoms with Gasteiger partial charge in [-0.3, -0.25) is 4.79 Å². The lowest BCUT2D eigenvalue weighted by molar-refractivity contribution is -0.133. The summed E-state index contributed by atoms with van der Waals surface area (Å²) >= 11 is 3.37. The van der Waals surface area contributed by atoms with E-state index in [-0.39, 0.29) is 12.4 Å². The summed E-state index contributed by atoms with van der Waals surface area (Å²) in [5, 5.41) is 0. The smallest absolute Gasteiger partial charge is 0.315 e. The Labute approximate surface area is 108 Å². The second kappa shape index (κ2) is 5.64. The fourth-order valence-electron chi connectivity index (χ4n) is 1.47. The van der Waals surface area contributed by atoms with Crippen LogP contribution in [0, 0.1) is 0 Å². The number of hydrogen-bond acceptors (Lipinski definition) is 2. The van der Waals surface area contributed by atoms with E-state index in [1.807, 2.05) is 42.5 Å². The molecular formula is C14H11BrO2. The van der Waals surface area contributed by atoms with Crippen molar-refractivity contribution in [3.63, 3.8) is 0 Å². The first kappa shape index (κ1) is 11.9. The summed E-state index contributed by atoms with van der Waals surface area (Å²) in [6.07, 6.45) is 0.272. The van der Waals surface area contributed by atoms with Crippen LogP contribution in [-0.4, -0.2) is 5.97 Å². The number of ether oxygens (including phenoxy) is 1. The van der Waals surface area contributed by atoms with Crippen molar-refractivity contribution in [1.82, 2.24) is 0 Å². The van der Waals surface area contributed by atoms with Crippen LogP contribution >= 0.6 is 15.9 Å². The molecule has 2 nitrogen and oxygen atoms in total. The average molecular weight is 291 g/mol. The molecule has 86 valence electrons. The Morgan fingerprint density at radius 2 is 1.82 bits per heavy atom. The van der Waals surface area contributed by atoms with Gasteiger partial charge in [0.1, 0.15) is 5.75 Å². The third kappa shape index (κ3) is 3.71. The summed E-state index contributed by atoms with van der Waals surface area (Å²) in [6.45, 7) is 0. The quantitative estimate of drug-likeness (QED) is 0.638. The van der Waals surface area contributed by atoms with Crippen molar-refractivity contribution in [2.75, 3.05) is 0 Å². The molecule has 17 heavy (non-hydrogen) atoms. The Morgan fingerprint density at radius 3 is 2.53 bits per heavy atom. The first-order valence-corrected chi connectivity index (χ1v) is 6.03. The molecule has 0 bridgehead atoms. The second-order valence-electron chi connectivity index (χ2n) is 3.59. The number of esters is 1. The molecule has 0 saturated carbocycles. The molecule has 0 aliphatic carbocycles. The van der Waals surface area contributed by atoms with Gasteiger partial charge in [-0.1, -0.05) is 46.3 Å². The van der Waals surface area contributed by atoms with Gasteiger partial charge in [0.05, 0.1) is 6.42 Å². The van der Waals surface area contributed by atoms with Crippen LogP contribution in [0.2, 0.25) is 0 Å². The van der Waals surface area contributed by atoms with E-state index in [9.17, 15) is 4.79 Å². The molecule has 0 saturated heterocycles. The van der Waals surface area contributed by atoms with E-state index in [0.717, 1.165) is 10.0 Å². The number of carbonyl (C=O) groups is 1. The van der Waals surface area contributed by atoms with Crippen molar-refractivity contribution in [1.29, 1.82) is 0 Å². The molecule has 0 aliphatic rings. The largest absolute Gasteiger partial charge is 0.426 e. The van der Waals surface area contributed by atoms with Crippen LogP contribution in [0.25, 0.3) is 0 Å². The van der Waals surface area contributed by atoms with E-state index < -0.39 is 0 Å². The summed E-state index contributed by atoms with van der Waals surface area (Å²) in [7, 11) is 0. The Bertz CT molecular complexity index is 509. The molecule has 2 rings (SSSR count). The van der Waals surface area contributed by atoms with Crippen molar-refractivity contribution in [3.05, 3.63) is 64.6 Å². The molecule has 3 heteroatoms. The number of rotatable bonds is 3. The molecule has 0 aliphatic heterocycles. The molecule has 0 spiro atoms. The maximum Gasteiger partial charge on any atom is 0.315 e. The molecule has 0 amide bonds. The van der Waals surface area contributed by atoms with E-state index in [2.05, 4.69) is 15.9 Å². The fraction of sp³-hybridized carbons (Fsp3) is 0.0714. The summed E-state index contributed by atoms with van der Waals surface area (Å²) in [5.74, 6) is 0.321. The lowest BCUT2D eigenvalue weighted by atomic mass is 10.1. The molecule has 0 radical (unpaired) electrons. The lowest BCUT2D eigenvalue weighted by Gasteiger charge is -2.04. The minimum Gasteiger partial charge on any atom is -0.426 e. The van der Waals surface area contributed by atoms with Gasteiger partial charge in [0.25, 0.3) is 0 Å². The zero-order valence-electron chi connectivity index (χ0n) is 9.10. The highest BCUT2D eigenvalue weighted by atomic mass is 79.9. The zero-order valence-corrected chi connectivity index (χ0v) is 10.7. The highest BCUT2D eigenvalue weighted by molar-refractivity contribution is 9.10. The number of para-hydroxylation sites is 1. The van der Waals surface area contributed by atoms with E-state index in [1.54, 1.807) is 12.1 Å². The molecule has 0 atom stereocenters. The molecular weight excluding hydrogens is 280 g/mol. The predicted molar refractivity (Wildman–Crippen MR) is 69.9 cm³/mol. The average Bonchev–Trinajstić information content (AvgIpc) is 2.30. The first-order valence-electron chi connectivity index (χ1n) is 5.24. The van der Waals surface area contributed by atoms with Gasteiger partial charge in [0.15, 0.2) is 0 Å². The van der Waals surface area contributed by atoms with Crippen LogP contribution in [0.15, 0.2) is 59.1 Å². The van der Waals surface area contributed by atoms with Crippen molar-refractivity contribution in [2.45, 2.75) is 6.42 Å². The Balaban J connectivity index is 1.98. The monoisotopic (exact) mass is 290 g/mol. The van der Waals surface area contributed by atoms with Gasteiger partial charge in [-0.25, -0.2) is 0 Å². The minimum atomic E-state index is -0.255. The highest BCUT2D eigenvalue weighted by Gasteiger charge is 2.06. The van der Waals surface area contributed by atoms with Gasteiger partial charge in [-0.05, 0) is 29.8 Å². The Hall–Kier alpha value is -1.61. The van der Waals surface area contributed by atoms with Gasteiger partial charge < -0.3 is 4.74 Å². The minimum absolute atomic E-state index is 0.255. The van der Waals surface area contributed by atoms with E-state index in [0.29, 0.717) is 5.75 Å². The summed E-state index contributed by atoms with van der Waals surface area (Å²) in [4.78, 5) is 11.7. The fourth-order valence-corrected chi connectivity index (χ4v) is 1.92. The molecule has 0 fully saturated rings. The molecule has 0 aromatic heterocycles. The normalized spacial score (nSPS) is 9.94. The topological polar surface area (TPSA) is 26.3 Å². The highest BCUT2D eigenvalue weighted by Crippen LogP contribution is 2.14. The molecule has 0 heterocycles. The first-order chi connectivity index (χ1) is 8.24. The van der Waals surface area contributed by atoms with Crippen LogP contribution in [0.5, 0.6) is 5.75 Å². The van der Waals surface area contributed by atoms with Crippen LogP contribution < -0.4 is 4.74 Å². The lowest BCUT2D eigenvalue weighted by Crippen LogP contribution is -2.11. The van der Waals surface area contributed by atoms with Crippen LogP contribution in [0.1, 0.15) is 5.56 Å². The second-order valence-corrected chi connectivity index (χ2v) is 4.51. The third-order valence-electron chi connectivity index (χ3n) is 2.21. The summed E-state index contributed by atoms with van der Waals surface area (Å²) in [5.41, 5.74) is 0.931. The maximum absolute atomic E-state index is 11.7. The van der Waals surface area contributed by atoms with Gasteiger partial charge in [-0.2, -0.15) is 0 Å². The molecule has 2 aromatic carbocycles. The number of halogens is 1. The van der Waals surface area contributed by atoms with E-state index in [1.165, 1.54) is 0 Å². The van der Waals surface area contributed by atoms with E-state index >= 15 is 0 Å². The maximum atomic E-state index is 11.7. The summed E-state index contributed by atoms with van der Waals surface area (Å²) in [6, 6.07) is 16.7. The predicted octanol–water partition coefficient (Wildman–Crippen LogP) is 3.60. The zero-order chi connectivity index (χ0) is 12.1. The Morgan fingerprint density at radius 1 is 1.06 bits per heavy atom. The van der Waals surface area contributed by atoms with Gasteiger partial charge >= 0.3 is 5.97 Å². The molecule has 0 N–H and O–H groups in total. The number of hydrogen-bond donors (Lipinski definition) is 0. The van der Waals surface area contributed by atoms with Gasteiger partial charge in [0.2, 0.25) is 0 Å². The molecule has 0 unspecified atom stereocenters. The van der Waals surface area contributed by atoms with Crippen LogP contribution in [0.3, 0.4) is 0 Å². The van der Waals surface area contributed by atoms with Crippen molar-refractivity contribution in [2.24, 2.45) is 0 Å². The van der Waals surface area contributed by atoms with Crippen molar-refractivity contribution in [3.8, 4) is 5.75 Å². The van der Waals surface area contributed by atoms with Gasteiger partial charge in [0, 0.05) is 4.47 Å². The van der Waals surface area contributed by atoms with Crippen molar-refractivity contribution < 1.29 is 9.53 Å². The van der Waals surface area contributed by atoms with Crippen LogP contribution in [0.4, 0.5) is 0 Å². The third-order valence-corrected chi connectivity index (χ3v) is 2.71. The Kier molecular flexibility index (Phi) is 3.94. The van der Waals surface area contributed by atoms with Gasteiger partial charge in [-0.15, -0.1) is 0 Å². The van der Waals surface area contributed by atoms with Crippen molar-refractivity contribution >= 4 is 21.9 Å². The van der Waals surface area contributed by atoms with Crippen LogP contribution in [-0.2, 0) is 11.2 Å². The number of benzene rings is 2. The molecule has 2 aromatic rings. The van der Waals surface area contributed by atoms with E-state index in [4.69, 9.17) is 4.74 Å². The SMILES string of the molecule is O=C(Cc1cccc(Br)c1)Oc1ccccc1. The standard InChI is InChI=1S/C14H11BrO2/c15-12-6-4-5-11(9-12)10-14(16)17-13-7-2-1-3-8-13/h1-9H,10H2. The summed E-state index contributed by atoms with van der Waals surface area (Å²) < 4.78 is 6.16. The number of carbonyl (C=O) groups excluding carboxylic acids is 1.